The summed E-state index contributed by atoms with van der Waals surface area (Å²) in [6, 6.07) is 13.7. The molecule has 2 aromatic heterocycles. The van der Waals surface area contributed by atoms with Crippen LogP contribution in [-0.4, -0.2) is 35.9 Å². The molecular formula is C21H25ClN4O2S. The number of anilines is 1. The molecule has 6 nitrogen and oxygen atoms in total. The van der Waals surface area contributed by atoms with Gasteiger partial charge in [-0.15, -0.1) is 23.7 Å². The van der Waals surface area contributed by atoms with E-state index in [1.54, 1.807) is 23.3 Å². The highest BCUT2D eigenvalue weighted by atomic mass is 35.5. The quantitative estimate of drug-likeness (QED) is 0.635. The van der Waals surface area contributed by atoms with Crippen molar-refractivity contribution in [2.75, 3.05) is 25.1 Å². The highest BCUT2D eigenvalue weighted by Gasteiger charge is 2.23. The normalized spacial score (nSPS) is 16.1. The summed E-state index contributed by atoms with van der Waals surface area (Å²) in [5, 5.41) is 10.0. The van der Waals surface area contributed by atoms with Gasteiger partial charge < -0.3 is 15.0 Å². The maximum absolute atomic E-state index is 13.3. The average Bonchev–Trinajstić information content (AvgIpc) is 3.44. The Labute approximate surface area is 180 Å². The SMILES string of the molecule is COc1ccc(N(Cc2cccs2)C(=O)c2ccn(C3CCCNC3)n2)cc1.Cl. The summed E-state index contributed by atoms with van der Waals surface area (Å²) < 4.78 is 7.17. The first-order valence-corrected chi connectivity index (χ1v) is 10.4. The molecule has 1 fully saturated rings. The van der Waals surface area contributed by atoms with E-state index in [1.165, 1.54) is 0 Å². The van der Waals surface area contributed by atoms with Crippen LogP contribution in [0.2, 0.25) is 0 Å². The predicted octanol–water partition coefficient (Wildman–Crippen LogP) is 4.15. The minimum Gasteiger partial charge on any atom is -0.497 e. The number of aromatic nitrogens is 2. The summed E-state index contributed by atoms with van der Waals surface area (Å²) in [4.78, 5) is 16.2. The van der Waals surface area contributed by atoms with Gasteiger partial charge in [-0.05, 0) is 61.2 Å². The van der Waals surface area contributed by atoms with Gasteiger partial charge in [-0.25, -0.2) is 0 Å². The first kappa shape index (κ1) is 21.4. The Hall–Kier alpha value is -2.35. The largest absolute Gasteiger partial charge is 0.497 e. The number of nitrogens with zero attached hydrogens (tertiary/aromatic N) is 3. The molecule has 0 spiro atoms. The second-order valence-electron chi connectivity index (χ2n) is 6.85. The molecule has 8 heteroatoms. The van der Waals surface area contributed by atoms with Crippen molar-refractivity contribution in [1.82, 2.24) is 15.1 Å². The number of methoxy groups -OCH3 is 1. The molecule has 0 radical (unpaired) electrons. The Morgan fingerprint density at radius 3 is 2.79 bits per heavy atom. The molecule has 1 N–H and O–H groups in total. The van der Waals surface area contributed by atoms with Crippen LogP contribution >= 0.6 is 23.7 Å². The molecule has 1 aliphatic rings. The van der Waals surface area contributed by atoms with Gasteiger partial charge in [0.1, 0.15) is 5.75 Å². The van der Waals surface area contributed by atoms with Gasteiger partial charge in [-0.3, -0.25) is 9.48 Å². The molecule has 1 saturated heterocycles. The molecular weight excluding hydrogens is 408 g/mol. The van der Waals surface area contributed by atoms with Crippen LogP contribution in [0.5, 0.6) is 5.75 Å². The van der Waals surface area contributed by atoms with Gasteiger partial charge in [0.2, 0.25) is 0 Å². The monoisotopic (exact) mass is 432 g/mol. The summed E-state index contributed by atoms with van der Waals surface area (Å²) in [7, 11) is 1.64. The van der Waals surface area contributed by atoms with Crippen LogP contribution in [0.25, 0.3) is 0 Å². The number of halogens is 1. The lowest BCUT2D eigenvalue weighted by molar-refractivity contribution is 0.0979. The molecule has 3 aromatic rings. The van der Waals surface area contributed by atoms with Crippen molar-refractivity contribution in [2.45, 2.75) is 25.4 Å². The maximum atomic E-state index is 13.3. The van der Waals surface area contributed by atoms with Gasteiger partial charge in [0, 0.05) is 23.3 Å². The van der Waals surface area contributed by atoms with E-state index < -0.39 is 0 Å². The number of hydrogen-bond donors (Lipinski definition) is 1. The molecule has 0 saturated carbocycles. The van der Waals surface area contributed by atoms with E-state index in [1.807, 2.05) is 58.7 Å². The van der Waals surface area contributed by atoms with Crippen LogP contribution < -0.4 is 15.0 Å². The van der Waals surface area contributed by atoms with E-state index in [2.05, 4.69) is 10.4 Å². The van der Waals surface area contributed by atoms with Crippen molar-refractivity contribution in [3.8, 4) is 5.75 Å². The maximum Gasteiger partial charge on any atom is 0.279 e. The number of nitrogens with one attached hydrogen (secondary N) is 1. The van der Waals surface area contributed by atoms with Gasteiger partial charge >= 0.3 is 0 Å². The smallest absolute Gasteiger partial charge is 0.279 e. The molecule has 3 heterocycles. The van der Waals surface area contributed by atoms with E-state index in [0.29, 0.717) is 18.3 Å². The second-order valence-corrected chi connectivity index (χ2v) is 7.88. The fraction of sp³-hybridized carbons (Fsp3) is 0.333. The van der Waals surface area contributed by atoms with Crippen LogP contribution in [0.1, 0.15) is 34.2 Å². The van der Waals surface area contributed by atoms with Gasteiger partial charge in [0.25, 0.3) is 5.91 Å². The molecule has 1 amide bonds. The lowest BCUT2D eigenvalue weighted by Gasteiger charge is -2.23. The van der Waals surface area contributed by atoms with E-state index in [0.717, 1.165) is 42.2 Å². The molecule has 154 valence electrons. The van der Waals surface area contributed by atoms with Gasteiger partial charge in [-0.2, -0.15) is 5.10 Å². The molecule has 0 bridgehead atoms. The average molecular weight is 433 g/mol. The van der Waals surface area contributed by atoms with E-state index >= 15 is 0 Å². The number of piperidine rings is 1. The van der Waals surface area contributed by atoms with Crippen molar-refractivity contribution in [1.29, 1.82) is 0 Å². The van der Waals surface area contributed by atoms with Crippen LogP contribution in [0, 0.1) is 0 Å². The number of carbonyl (C=O) groups excluding carboxylic acids is 1. The minimum atomic E-state index is -0.0962. The predicted molar refractivity (Wildman–Crippen MR) is 118 cm³/mol. The highest BCUT2D eigenvalue weighted by molar-refractivity contribution is 7.09. The third-order valence-corrected chi connectivity index (χ3v) is 5.86. The number of rotatable bonds is 6. The summed E-state index contributed by atoms with van der Waals surface area (Å²) in [5.74, 6) is 0.669. The number of hydrogen-bond acceptors (Lipinski definition) is 5. The Morgan fingerprint density at radius 1 is 1.31 bits per heavy atom. The van der Waals surface area contributed by atoms with Crippen LogP contribution in [0.15, 0.2) is 54.0 Å². The molecule has 1 aromatic carbocycles. The zero-order valence-corrected chi connectivity index (χ0v) is 17.9. The van der Waals surface area contributed by atoms with Crippen LogP contribution in [-0.2, 0) is 6.54 Å². The van der Waals surface area contributed by atoms with E-state index in [4.69, 9.17) is 4.74 Å². The third kappa shape index (κ3) is 4.98. The fourth-order valence-electron chi connectivity index (χ4n) is 3.45. The van der Waals surface area contributed by atoms with Crippen LogP contribution in [0.3, 0.4) is 0 Å². The molecule has 1 atom stereocenters. The first-order chi connectivity index (χ1) is 13.7. The van der Waals surface area contributed by atoms with Crippen LogP contribution in [0.4, 0.5) is 5.69 Å². The molecule has 1 unspecified atom stereocenters. The summed E-state index contributed by atoms with van der Waals surface area (Å²) >= 11 is 1.64. The zero-order chi connectivity index (χ0) is 19.3. The highest BCUT2D eigenvalue weighted by Crippen LogP contribution is 2.25. The van der Waals surface area contributed by atoms with Crippen molar-refractivity contribution in [3.05, 3.63) is 64.6 Å². The Bertz CT molecular complexity index is 905. The Morgan fingerprint density at radius 2 is 2.14 bits per heavy atom. The second kappa shape index (κ2) is 9.91. The van der Waals surface area contributed by atoms with Gasteiger partial charge in [0.05, 0.1) is 19.7 Å². The van der Waals surface area contributed by atoms with Gasteiger partial charge in [-0.1, -0.05) is 6.07 Å². The molecule has 1 aliphatic heterocycles. The zero-order valence-electron chi connectivity index (χ0n) is 16.3. The Balaban J connectivity index is 0.00000240. The third-order valence-electron chi connectivity index (χ3n) is 5.00. The lowest BCUT2D eigenvalue weighted by atomic mass is 10.1. The summed E-state index contributed by atoms with van der Waals surface area (Å²) in [6.07, 6.45) is 4.13. The van der Waals surface area contributed by atoms with Crippen molar-refractivity contribution < 1.29 is 9.53 Å². The minimum absolute atomic E-state index is 0. The van der Waals surface area contributed by atoms with Crippen molar-refractivity contribution >= 4 is 35.3 Å². The van der Waals surface area contributed by atoms with E-state index in [-0.39, 0.29) is 18.3 Å². The number of carbonyl (C=O) groups is 1. The van der Waals surface area contributed by atoms with Crippen molar-refractivity contribution in [3.63, 3.8) is 0 Å². The number of amides is 1. The summed E-state index contributed by atoms with van der Waals surface area (Å²) in [5.41, 5.74) is 1.30. The number of ether oxygens (including phenoxy) is 1. The topological polar surface area (TPSA) is 59.4 Å². The lowest BCUT2D eigenvalue weighted by Crippen LogP contribution is -2.33. The van der Waals surface area contributed by atoms with Gasteiger partial charge in [0.15, 0.2) is 5.69 Å². The first-order valence-electron chi connectivity index (χ1n) is 9.49. The molecule has 4 rings (SSSR count). The van der Waals surface area contributed by atoms with Crippen molar-refractivity contribution in [2.24, 2.45) is 0 Å². The fourth-order valence-corrected chi connectivity index (χ4v) is 4.15. The standard InChI is InChI=1S/C21H24N4O2S.ClH/c1-27-18-8-6-16(7-9-18)24(15-19-5-3-13-28-19)21(26)20-10-12-25(23-20)17-4-2-11-22-14-17;/h3,5-10,12-13,17,22H,2,4,11,14-15H2,1H3;1H. The molecule has 0 aliphatic carbocycles. The van der Waals surface area contributed by atoms with E-state index in [9.17, 15) is 4.79 Å². The molecule has 29 heavy (non-hydrogen) atoms. The Kier molecular flexibility index (Phi) is 7.30. The number of benzene rings is 1. The number of thiophene rings is 1. The summed E-state index contributed by atoms with van der Waals surface area (Å²) in [6.45, 7) is 2.46.